The summed E-state index contributed by atoms with van der Waals surface area (Å²) in [4.78, 5) is 33.6. The van der Waals surface area contributed by atoms with E-state index < -0.39 is 11.7 Å². The number of hydrogen-bond acceptors (Lipinski definition) is 5. The summed E-state index contributed by atoms with van der Waals surface area (Å²) in [7, 11) is 1.65. The quantitative estimate of drug-likeness (QED) is 0.575. The predicted molar refractivity (Wildman–Crippen MR) is 118 cm³/mol. The number of amides is 2. The van der Waals surface area contributed by atoms with Crippen LogP contribution < -0.4 is 15.0 Å². The summed E-state index contributed by atoms with van der Waals surface area (Å²) < 4.78 is 20.5. The fourth-order valence-corrected chi connectivity index (χ4v) is 3.71. The van der Waals surface area contributed by atoms with Gasteiger partial charge in [-0.1, -0.05) is 11.6 Å². The van der Waals surface area contributed by atoms with E-state index in [-0.39, 0.29) is 29.8 Å². The summed E-state index contributed by atoms with van der Waals surface area (Å²) in [5.74, 6) is -0.425. The molecule has 0 saturated heterocycles. The SMILES string of the molecule is CN1C(=O)CCc2cc(-c3cncc(OCCNC(=O)c4ncccc4Cl)c3)c(F)cc21. The first-order valence-electron chi connectivity index (χ1n) is 10.00. The molecule has 0 atom stereocenters. The van der Waals surface area contributed by atoms with Crippen molar-refractivity contribution in [2.45, 2.75) is 12.8 Å². The van der Waals surface area contributed by atoms with Gasteiger partial charge in [0.25, 0.3) is 5.91 Å². The van der Waals surface area contributed by atoms with Gasteiger partial charge in [-0.25, -0.2) is 9.37 Å². The molecule has 1 N–H and O–H groups in total. The first-order valence-corrected chi connectivity index (χ1v) is 10.4. The normalized spacial score (nSPS) is 13.0. The molecule has 2 amide bonds. The average Bonchev–Trinajstić information content (AvgIpc) is 2.79. The number of halogens is 2. The Kier molecular flexibility index (Phi) is 6.32. The molecule has 1 aliphatic rings. The lowest BCUT2D eigenvalue weighted by molar-refractivity contribution is -0.118. The van der Waals surface area contributed by atoms with E-state index in [1.807, 2.05) is 0 Å². The molecule has 9 heteroatoms. The third-order valence-electron chi connectivity index (χ3n) is 5.17. The summed E-state index contributed by atoms with van der Waals surface area (Å²) in [6.07, 6.45) is 5.52. The van der Waals surface area contributed by atoms with Gasteiger partial charge in [0.2, 0.25) is 5.91 Å². The fourth-order valence-electron chi connectivity index (χ4n) is 3.50. The number of benzene rings is 1. The van der Waals surface area contributed by atoms with Gasteiger partial charge in [0.1, 0.15) is 23.9 Å². The van der Waals surface area contributed by atoms with Crippen molar-refractivity contribution in [2.24, 2.45) is 0 Å². The maximum atomic E-state index is 14.8. The molecule has 0 aliphatic carbocycles. The molecule has 3 heterocycles. The summed E-state index contributed by atoms with van der Waals surface area (Å²) in [5.41, 5.74) is 2.60. The van der Waals surface area contributed by atoms with Gasteiger partial charge < -0.3 is 15.0 Å². The van der Waals surface area contributed by atoms with Crippen LogP contribution in [0.5, 0.6) is 5.75 Å². The lowest BCUT2D eigenvalue weighted by Gasteiger charge is -2.26. The Bertz CT molecular complexity index is 1190. The van der Waals surface area contributed by atoms with Crippen LogP contribution in [0.1, 0.15) is 22.5 Å². The van der Waals surface area contributed by atoms with Gasteiger partial charge in [0.15, 0.2) is 0 Å². The van der Waals surface area contributed by atoms with Crippen molar-refractivity contribution in [1.29, 1.82) is 0 Å². The second kappa shape index (κ2) is 9.32. The van der Waals surface area contributed by atoms with Gasteiger partial charge in [-0.15, -0.1) is 0 Å². The van der Waals surface area contributed by atoms with E-state index in [2.05, 4.69) is 15.3 Å². The summed E-state index contributed by atoms with van der Waals surface area (Å²) in [5, 5.41) is 2.95. The van der Waals surface area contributed by atoms with Gasteiger partial charge in [-0.3, -0.25) is 14.6 Å². The van der Waals surface area contributed by atoms with Crippen molar-refractivity contribution in [3.63, 3.8) is 0 Å². The summed E-state index contributed by atoms with van der Waals surface area (Å²) >= 11 is 5.96. The lowest BCUT2D eigenvalue weighted by atomic mass is 9.96. The highest BCUT2D eigenvalue weighted by Crippen LogP contribution is 2.34. The molecular formula is C23H20ClFN4O3. The van der Waals surface area contributed by atoms with E-state index >= 15 is 0 Å². The number of aromatic nitrogens is 2. The molecule has 0 unspecified atom stereocenters. The molecule has 4 rings (SSSR count). The number of pyridine rings is 2. The lowest BCUT2D eigenvalue weighted by Crippen LogP contribution is -2.31. The number of fused-ring (bicyclic) bond motifs is 1. The van der Waals surface area contributed by atoms with Gasteiger partial charge in [-0.2, -0.15) is 0 Å². The number of anilines is 1. The smallest absolute Gasteiger partial charge is 0.271 e. The van der Waals surface area contributed by atoms with Crippen LogP contribution in [0.3, 0.4) is 0 Å². The summed E-state index contributed by atoms with van der Waals surface area (Å²) in [6.45, 7) is 0.407. The Morgan fingerprint density at radius 2 is 2.12 bits per heavy atom. The first-order chi connectivity index (χ1) is 15.4. The molecule has 0 spiro atoms. The molecule has 0 radical (unpaired) electrons. The third-order valence-corrected chi connectivity index (χ3v) is 5.47. The standard InChI is InChI=1S/C23H20ClFN4O3/c1-29-20-11-19(25)17(10-14(20)4-5-21(29)30)15-9-16(13-26-12-15)32-8-7-28-23(31)22-18(24)3-2-6-27-22/h2-3,6,9-13H,4-5,7-8H2,1H3,(H,28,31). The molecule has 1 aliphatic heterocycles. The summed E-state index contributed by atoms with van der Waals surface area (Å²) in [6, 6.07) is 8.06. The average molecular weight is 455 g/mol. The van der Waals surface area contributed by atoms with Crippen molar-refractivity contribution >= 4 is 29.1 Å². The second-order valence-electron chi connectivity index (χ2n) is 7.26. The molecule has 1 aromatic carbocycles. The Balaban J connectivity index is 1.42. The number of nitrogens with one attached hydrogen (secondary N) is 1. The van der Waals surface area contributed by atoms with Crippen LogP contribution in [-0.4, -0.2) is 42.0 Å². The van der Waals surface area contributed by atoms with Crippen molar-refractivity contribution < 1.29 is 18.7 Å². The number of aryl methyl sites for hydroxylation is 1. The minimum absolute atomic E-state index is 0.0286. The fraction of sp³-hybridized carbons (Fsp3) is 0.217. The van der Waals surface area contributed by atoms with Gasteiger partial charge in [-0.05, 0) is 42.3 Å². The van der Waals surface area contributed by atoms with Crippen LogP contribution in [0.25, 0.3) is 11.1 Å². The van der Waals surface area contributed by atoms with Crippen LogP contribution in [0, 0.1) is 5.82 Å². The van der Waals surface area contributed by atoms with E-state index in [0.29, 0.717) is 35.4 Å². The molecule has 2 aromatic heterocycles. The molecule has 0 saturated carbocycles. The molecule has 0 fully saturated rings. The van der Waals surface area contributed by atoms with Crippen LogP contribution in [-0.2, 0) is 11.2 Å². The number of hydrogen-bond donors (Lipinski definition) is 1. The van der Waals surface area contributed by atoms with Crippen LogP contribution in [0.15, 0.2) is 48.9 Å². The Morgan fingerprint density at radius 1 is 1.28 bits per heavy atom. The van der Waals surface area contributed by atoms with E-state index in [1.165, 1.54) is 23.4 Å². The highest BCUT2D eigenvalue weighted by atomic mass is 35.5. The van der Waals surface area contributed by atoms with Crippen molar-refractivity contribution in [3.05, 3.63) is 71.0 Å². The predicted octanol–water partition coefficient (Wildman–Crippen LogP) is 3.65. The number of rotatable bonds is 6. The molecule has 3 aromatic rings. The van der Waals surface area contributed by atoms with Gasteiger partial charge in [0.05, 0.1) is 17.8 Å². The highest BCUT2D eigenvalue weighted by molar-refractivity contribution is 6.33. The zero-order chi connectivity index (χ0) is 22.7. The molecule has 0 bridgehead atoms. The largest absolute Gasteiger partial charge is 0.490 e. The monoisotopic (exact) mass is 454 g/mol. The second-order valence-corrected chi connectivity index (χ2v) is 7.67. The van der Waals surface area contributed by atoms with E-state index in [0.717, 1.165) is 5.56 Å². The highest BCUT2D eigenvalue weighted by Gasteiger charge is 2.23. The van der Waals surface area contributed by atoms with Crippen molar-refractivity contribution in [2.75, 3.05) is 25.1 Å². The minimum Gasteiger partial charge on any atom is -0.490 e. The molecule has 164 valence electrons. The van der Waals surface area contributed by atoms with E-state index in [1.54, 1.807) is 37.5 Å². The molecule has 7 nitrogen and oxygen atoms in total. The number of nitrogens with zero attached hydrogens (tertiary/aromatic N) is 3. The van der Waals surface area contributed by atoms with Gasteiger partial charge in [0, 0.05) is 42.7 Å². The molecular weight excluding hydrogens is 435 g/mol. The Hall–Kier alpha value is -3.52. The van der Waals surface area contributed by atoms with Crippen LogP contribution >= 0.6 is 11.6 Å². The topological polar surface area (TPSA) is 84.4 Å². The van der Waals surface area contributed by atoms with Crippen LogP contribution in [0.4, 0.5) is 10.1 Å². The zero-order valence-electron chi connectivity index (χ0n) is 17.3. The Labute approximate surface area is 189 Å². The molecule has 32 heavy (non-hydrogen) atoms. The van der Waals surface area contributed by atoms with Gasteiger partial charge >= 0.3 is 0 Å². The third kappa shape index (κ3) is 4.55. The zero-order valence-corrected chi connectivity index (χ0v) is 18.0. The van der Waals surface area contributed by atoms with Crippen molar-refractivity contribution in [3.8, 4) is 16.9 Å². The first kappa shape index (κ1) is 21.7. The number of carbonyl (C=O) groups excluding carboxylic acids is 2. The maximum absolute atomic E-state index is 14.8. The Morgan fingerprint density at radius 3 is 2.94 bits per heavy atom. The van der Waals surface area contributed by atoms with Crippen molar-refractivity contribution in [1.82, 2.24) is 15.3 Å². The maximum Gasteiger partial charge on any atom is 0.271 e. The number of ether oxygens (including phenoxy) is 1. The van der Waals surface area contributed by atoms with E-state index in [9.17, 15) is 14.0 Å². The number of carbonyl (C=O) groups is 2. The van der Waals surface area contributed by atoms with Crippen LogP contribution in [0.2, 0.25) is 5.02 Å². The minimum atomic E-state index is -0.441. The van der Waals surface area contributed by atoms with E-state index in [4.69, 9.17) is 16.3 Å².